The van der Waals surface area contributed by atoms with E-state index in [4.69, 9.17) is 14.7 Å². The Morgan fingerprint density at radius 3 is 3.16 bits per heavy atom. The van der Waals surface area contributed by atoms with Crippen molar-refractivity contribution in [3.8, 4) is 11.6 Å². The molecule has 0 radical (unpaired) electrons. The van der Waals surface area contributed by atoms with E-state index in [1.807, 2.05) is 6.07 Å². The SMILES string of the molecule is CC1CCN(Cc2nc(-c3ccco3)no2)CC1N. The standard InChI is InChI=1S/C13H18N4O2/c1-9-4-5-17(7-10(9)14)8-12-15-13(16-19-12)11-3-2-6-18-11/h2-3,6,9-10H,4-5,7-8,14H2,1H3. The molecule has 6 heteroatoms. The first-order chi connectivity index (χ1) is 9.22. The quantitative estimate of drug-likeness (QED) is 0.902. The Kier molecular flexibility index (Phi) is 3.35. The zero-order valence-electron chi connectivity index (χ0n) is 11.0. The van der Waals surface area contributed by atoms with Gasteiger partial charge in [0.25, 0.3) is 0 Å². The van der Waals surface area contributed by atoms with Crippen LogP contribution in [0.15, 0.2) is 27.3 Å². The van der Waals surface area contributed by atoms with Crippen molar-refractivity contribution in [1.82, 2.24) is 15.0 Å². The molecule has 2 aromatic heterocycles. The van der Waals surface area contributed by atoms with E-state index in [9.17, 15) is 0 Å². The molecule has 2 atom stereocenters. The molecule has 19 heavy (non-hydrogen) atoms. The summed E-state index contributed by atoms with van der Waals surface area (Å²) in [7, 11) is 0. The molecule has 0 spiro atoms. The van der Waals surface area contributed by atoms with Gasteiger partial charge in [-0.3, -0.25) is 4.90 Å². The number of furan rings is 1. The minimum Gasteiger partial charge on any atom is -0.461 e. The molecule has 2 aromatic rings. The predicted molar refractivity (Wildman–Crippen MR) is 69.0 cm³/mol. The first kappa shape index (κ1) is 12.4. The summed E-state index contributed by atoms with van der Waals surface area (Å²) in [5.41, 5.74) is 6.08. The third-order valence-electron chi connectivity index (χ3n) is 3.67. The van der Waals surface area contributed by atoms with Crippen LogP contribution in [0.5, 0.6) is 0 Å². The third kappa shape index (κ3) is 2.69. The van der Waals surface area contributed by atoms with E-state index in [1.165, 1.54) is 0 Å². The third-order valence-corrected chi connectivity index (χ3v) is 3.67. The molecule has 6 nitrogen and oxygen atoms in total. The van der Waals surface area contributed by atoms with Crippen molar-refractivity contribution in [2.24, 2.45) is 11.7 Å². The number of nitrogens with zero attached hydrogens (tertiary/aromatic N) is 3. The van der Waals surface area contributed by atoms with Gasteiger partial charge in [-0.25, -0.2) is 0 Å². The topological polar surface area (TPSA) is 81.3 Å². The molecule has 2 N–H and O–H groups in total. The molecule has 1 aliphatic rings. The van der Waals surface area contributed by atoms with Crippen LogP contribution in [-0.4, -0.2) is 34.2 Å². The van der Waals surface area contributed by atoms with Crippen LogP contribution in [0.4, 0.5) is 0 Å². The molecule has 102 valence electrons. The van der Waals surface area contributed by atoms with Gasteiger partial charge in [0.05, 0.1) is 12.8 Å². The summed E-state index contributed by atoms with van der Waals surface area (Å²) in [5, 5.41) is 3.92. The van der Waals surface area contributed by atoms with Crippen LogP contribution in [-0.2, 0) is 6.54 Å². The van der Waals surface area contributed by atoms with Crippen molar-refractivity contribution in [2.45, 2.75) is 25.9 Å². The van der Waals surface area contributed by atoms with Crippen molar-refractivity contribution in [3.05, 3.63) is 24.3 Å². The number of rotatable bonds is 3. The van der Waals surface area contributed by atoms with Crippen LogP contribution in [0.2, 0.25) is 0 Å². The van der Waals surface area contributed by atoms with Crippen molar-refractivity contribution in [3.63, 3.8) is 0 Å². The Hall–Kier alpha value is -1.66. The highest BCUT2D eigenvalue weighted by Crippen LogP contribution is 2.19. The number of likely N-dealkylation sites (tertiary alicyclic amines) is 1. The van der Waals surface area contributed by atoms with Crippen molar-refractivity contribution in [1.29, 1.82) is 0 Å². The summed E-state index contributed by atoms with van der Waals surface area (Å²) in [6.07, 6.45) is 2.71. The second-order valence-corrected chi connectivity index (χ2v) is 5.15. The van der Waals surface area contributed by atoms with Gasteiger partial charge >= 0.3 is 0 Å². The number of nitrogens with two attached hydrogens (primary N) is 1. The summed E-state index contributed by atoms with van der Waals surface area (Å²) < 4.78 is 10.5. The molecule has 3 heterocycles. The average Bonchev–Trinajstić information content (AvgIpc) is 3.04. The first-order valence-electron chi connectivity index (χ1n) is 6.57. The minimum absolute atomic E-state index is 0.223. The lowest BCUT2D eigenvalue weighted by atomic mass is 9.94. The molecule has 0 aliphatic carbocycles. The lowest BCUT2D eigenvalue weighted by Gasteiger charge is -2.34. The fraction of sp³-hybridized carbons (Fsp3) is 0.538. The van der Waals surface area contributed by atoms with Crippen molar-refractivity contribution < 1.29 is 8.94 Å². The molecule has 0 aromatic carbocycles. The van der Waals surface area contributed by atoms with Crippen molar-refractivity contribution >= 4 is 0 Å². The van der Waals surface area contributed by atoms with Crippen LogP contribution < -0.4 is 5.73 Å². The fourth-order valence-corrected chi connectivity index (χ4v) is 2.33. The number of hydrogen-bond donors (Lipinski definition) is 1. The highest BCUT2D eigenvalue weighted by atomic mass is 16.5. The van der Waals surface area contributed by atoms with Gasteiger partial charge in [0.1, 0.15) is 0 Å². The van der Waals surface area contributed by atoms with Crippen LogP contribution in [0.3, 0.4) is 0 Å². The number of hydrogen-bond acceptors (Lipinski definition) is 6. The Bertz CT molecular complexity index is 522. The van der Waals surface area contributed by atoms with Gasteiger partial charge in [-0.1, -0.05) is 12.1 Å². The average molecular weight is 262 g/mol. The van der Waals surface area contributed by atoms with Gasteiger partial charge in [0.15, 0.2) is 5.76 Å². The van der Waals surface area contributed by atoms with E-state index in [-0.39, 0.29) is 6.04 Å². The van der Waals surface area contributed by atoms with Gasteiger partial charge in [-0.2, -0.15) is 4.98 Å². The molecule has 0 amide bonds. The van der Waals surface area contributed by atoms with Gasteiger partial charge in [-0.05, 0) is 31.0 Å². The summed E-state index contributed by atoms with van der Waals surface area (Å²) in [4.78, 5) is 6.59. The molecule has 0 bridgehead atoms. The molecule has 0 saturated carbocycles. The Morgan fingerprint density at radius 1 is 1.53 bits per heavy atom. The lowest BCUT2D eigenvalue weighted by molar-refractivity contribution is 0.146. The summed E-state index contributed by atoms with van der Waals surface area (Å²) in [6.45, 7) is 4.74. The minimum atomic E-state index is 0.223. The van der Waals surface area contributed by atoms with E-state index in [2.05, 4.69) is 22.0 Å². The van der Waals surface area contributed by atoms with Gasteiger partial charge in [-0.15, -0.1) is 0 Å². The van der Waals surface area contributed by atoms with E-state index in [0.29, 0.717) is 29.9 Å². The molecule has 1 aliphatic heterocycles. The normalized spacial score (nSPS) is 24.7. The largest absolute Gasteiger partial charge is 0.461 e. The van der Waals surface area contributed by atoms with Crippen LogP contribution in [0, 0.1) is 5.92 Å². The molecule has 1 saturated heterocycles. The van der Waals surface area contributed by atoms with Crippen LogP contribution in [0.25, 0.3) is 11.6 Å². The highest BCUT2D eigenvalue weighted by molar-refractivity contribution is 5.44. The van der Waals surface area contributed by atoms with Gasteiger partial charge in [0.2, 0.25) is 11.7 Å². The second kappa shape index (κ2) is 5.14. The first-order valence-corrected chi connectivity index (χ1v) is 6.57. The lowest BCUT2D eigenvalue weighted by Crippen LogP contribution is -2.47. The molecule has 3 rings (SSSR count). The zero-order chi connectivity index (χ0) is 13.2. The highest BCUT2D eigenvalue weighted by Gasteiger charge is 2.24. The predicted octanol–water partition coefficient (Wildman–Crippen LogP) is 1.50. The monoisotopic (exact) mass is 262 g/mol. The second-order valence-electron chi connectivity index (χ2n) is 5.15. The Morgan fingerprint density at radius 2 is 2.42 bits per heavy atom. The van der Waals surface area contributed by atoms with E-state index >= 15 is 0 Å². The Balaban J connectivity index is 1.64. The Labute approximate surface area is 111 Å². The van der Waals surface area contributed by atoms with Crippen LogP contribution >= 0.6 is 0 Å². The fourth-order valence-electron chi connectivity index (χ4n) is 2.33. The number of aromatic nitrogens is 2. The summed E-state index contributed by atoms with van der Waals surface area (Å²) in [6, 6.07) is 3.84. The molecule has 2 unspecified atom stereocenters. The molecular formula is C13H18N4O2. The summed E-state index contributed by atoms with van der Waals surface area (Å²) in [5.74, 6) is 2.31. The maximum absolute atomic E-state index is 6.08. The van der Waals surface area contributed by atoms with Gasteiger partial charge < -0.3 is 14.7 Å². The van der Waals surface area contributed by atoms with E-state index in [0.717, 1.165) is 19.5 Å². The van der Waals surface area contributed by atoms with E-state index < -0.39 is 0 Å². The smallest absolute Gasteiger partial charge is 0.241 e. The van der Waals surface area contributed by atoms with E-state index in [1.54, 1.807) is 12.3 Å². The maximum atomic E-state index is 6.08. The molecule has 1 fully saturated rings. The summed E-state index contributed by atoms with van der Waals surface area (Å²) >= 11 is 0. The van der Waals surface area contributed by atoms with Gasteiger partial charge in [0, 0.05) is 12.6 Å². The molecular weight excluding hydrogens is 244 g/mol. The maximum Gasteiger partial charge on any atom is 0.241 e. The van der Waals surface area contributed by atoms with Crippen LogP contribution in [0.1, 0.15) is 19.2 Å². The van der Waals surface area contributed by atoms with Crippen molar-refractivity contribution in [2.75, 3.05) is 13.1 Å². The number of piperidine rings is 1. The zero-order valence-corrected chi connectivity index (χ0v) is 11.0.